The number of aromatic nitrogens is 2. The maximum Gasteiger partial charge on any atom is 0.282 e. The zero-order chi connectivity index (χ0) is 23.3. The molecule has 2 aromatic carbocycles. The summed E-state index contributed by atoms with van der Waals surface area (Å²) in [7, 11) is 0. The molecular formula is C25H28ClN3O3. The monoisotopic (exact) mass is 453 g/mol. The second-order valence-corrected chi connectivity index (χ2v) is 8.48. The third kappa shape index (κ3) is 5.19. The summed E-state index contributed by atoms with van der Waals surface area (Å²) in [5.41, 5.74) is 1.23. The molecule has 1 N–H and O–H groups in total. The number of nitrogens with zero attached hydrogens (tertiary/aromatic N) is 2. The minimum absolute atomic E-state index is 0.0363. The molecule has 168 valence electrons. The highest BCUT2D eigenvalue weighted by Gasteiger charge is 2.27. The Hall–Kier alpha value is -3.12. The topological polar surface area (TPSA) is 75.2 Å². The summed E-state index contributed by atoms with van der Waals surface area (Å²) in [5, 5.41) is 3.56. The zero-order valence-electron chi connectivity index (χ0n) is 18.6. The van der Waals surface area contributed by atoms with Crippen LogP contribution < -0.4 is 5.56 Å². The van der Waals surface area contributed by atoms with Crippen LogP contribution in [0, 0.1) is 5.92 Å². The first-order chi connectivity index (χ1) is 15.3. The van der Waals surface area contributed by atoms with Gasteiger partial charge >= 0.3 is 0 Å². The van der Waals surface area contributed by atoms with Gasteiger partial charge in [0.1, 0.15) is 5.56 Å². The third-order valence-electron chi connectivity index (χ3n) is 5.22. The van der Waals surface area contributed by atoms with Crippen LogP contribution in [0.1, 0.15) is 44.0 Å². The molecule has 32 heavy (non-hydrogen) atoms. The van der Waals surface area contributed by atoms with E-state index in [1.54, 1.807) is 29.2 Å². The van der Waals surface area contributed by atoms with Crippen molar-refractivity contribution < 1.29 is 9.59 Å². The third-order valence-corrected chi connectivity index (χ3v) is 5.45. The van der Waals surface area contributed by atoms with Crippen LogP contribution in [0.2, 0.25) is 5.02 Å². The Balaban J connectivity index is 2.08. The van der Waals surface area contributed by atoms with Crippen LogP contribution in [-0.4, -0.2) is 39.5 Å². The van der Waals surface area contributed by atoms with Gasteiger partial charge in [-0.1, -0.05) is 75.2 Å². The van der Waals surface area contributed by atoms with Crippen LogP contribution in [0.4, 0.5) is 0 Å². The number of rotatable bonds is 9. The molecule has 0 unspecified atom stereocenters. The van der Waals surface area contributed by atoms with Gasteiger partial charge in [-0.25, -0.2) is 4.68 Å². The summed E-state index contributed by atoms with van der Waals surface area (Å²) in [6.07, 6.45) is 1.69. The molecular weight excluding hydrogens is 426 g/mol. The lowest BCUT2D eigenvalue weighted by molar-refractivity contribution is -0.134. The first-order valence-electron chi connectivity index (χ1n) is 10.8. The van der Waals surface area contributed by atoms with Crippen molar-refractivity contribution >= 4 is 23.3 Å². The van der Waals surface area contributed by atoms with Gasteiger partial charge in [0.2, 0.25) is 5.91 Å². The van der Waals surface area contributed by atoms with Gasteiger partial charge in [-0.05, 0) is 24.6 Å². The van der Waals surface area contributed by atoms with E-state index in [0.717, 1.165) is 12.8 Å². The number of benzene rings is 2. The number of hydrogen-bond donors (Lipinski definition) is 1. The molecule has 0 spiro atoms. The molecule has 7 heteroatoms. The molecule has 0 aliphatic carbocycles. The number of ketones is 1. The molecule has 0 saturated heterocycles. The van der Waals surface area contributed by atoms with Gasteiger partial charge in [-0.2, -0.15) is 0 Å². The number of aromatic amines is 1. The Morgan fingerprint density at radius 2 is 1.81 bits per heavy atom. The number of carbonyl (C=O) groups is 2. The van der Waals surface area contributed by atoms with Crippen LogP contribution in [-0.2, 0) is 4.79 Å². The number of carbonyl (C=O) groups excluding carboxylic acids is 2. The summed E-state index contributed by atoms with van der Waals surface area (Å²) in [6.45, 7) is 5.99. The first kappa shape index (κ1) is 23.5. The van der Waals surface area contributed by atoms with E-state index in [2.05, 4.69) is 5.10 Å². The van der Waals surface area contributed by atoms with E-state index in [9.17, 15) is 14.4 Å². The highest BCUT2D eigenvalue weighted by molar-refractivity contribution is 6.30. The van der Waals surface area contributed by atoms with Crippen LogP contribution in [0.15, 0.2) is 59.4 Å². The quantitative estimate of drug-likeness (QED) is 0.465. The van der Waals surface area contributed by atoms with E-state index in [4.69, 9.17) is 11.6 Å². The number of amides is 1. The fraction of sp³-hybridized carbons (Fsp3) is 0.320. The summed E-state index contributed by atoms with van der Waals surface area (Å²) in [4.78, 5) is 41.0. The molecule has 6 nitrogen and oxygen atoms in total. The van der Waals surface area contributed by atoms with Crippen LogP contribution in [0.3, 0.4) is 0 Å². The van der Waals surface area contributed by atoms with Crippen molar-refractivity contribution in [3.8, 4) is 16.9 Å². The lowest BCUT2D eigenvalue weighted by Crippen LogP contribution is -2.40. The van der Waals surface area contributed by atoms with Gasteiger partial charge in [-0.15, -0.1) is 0 Å². The SMILES string of the molecule is CCCCN(CC(=O)c1c(-c2ccccc2)[nH]n(-c2cccc(Cl)c2)c1=O)C(=O)C(C)C. The van der Waals surface area contributed by atoms with Crippen LogP contribution in [0.25, 0.3) is 16.9 Å². The number of H-pyrrole nitrogens is 1. The normalized spacial score (nSPS) is 11.0. The Morgan fingerprint density at radius 3 is 2.44 bits per heavy atom. The van der Waals surface area contributed by atoms with E-state index in [0.29, 0.717) is 28.5 Å². The molecule has 1 amide bonds. The maximum atomic E-state index is 13.4. The molecule has 0 bridgehead atoms. The molecule has 3 rings (SSSR count). The fourth-order valence-electron chi connectivity index (χ4n) is 3.54. The predicted octanol–water partition coefficient (Wildman–Crippen LogP) is 4.95. The summed E-state index contributed by atoms with van der Waals surface area (Å²) < 4.78 is 1.32. The number of Topliss-reactive ketones (excluding diaryl/α,β-unsaturated/α-hetero) is 1. The predicted molar refractivity (Wildman–Crippen MR) is 127 cm³/mol. The highest BCUT2D eigenvalue weighted by atomic mass is 35.5. The fourth-order valence-corrected chi connectivity index (χ4v) is 3.72. The standard InChI is InChI=1S/C25H28ClN3O3/c1-4-5-14-28(24(31)17(2)3)16-21(30)22-23(18-10-7-6-8-11-18)27-29(25(22)32)20-13-9-12-19(26)15-20/h6-13,15,17,27H,4-5,14,16H2,1-3H3. The molecule has 1 aromatic heterocycles. The van der Waals surface area contributed by atoms with Gasteiger partial charge in [0, 0.05) is 23.0 Å². The summed E-state index contributed by atoms with van der Waals surface area (Å²) >= 11 is 6.11. The van der Waals surface area contributed by atoms with E-state index in [1.165, 1.54) is 4.68 Å². The number of unbranched alkanes of at least 4 members (excludes halogenated alkanes) is 1. The molecule has 0 saturated carbocycles. The number of nitrogens with one attached hydrogen (secondary N) is 1. The van der Waals surface area contributed by atoms with Crippen molar-refractivity contribution in [3.05, 3.63) is 75.5 Å². The summed E-state index contributed by atoms with van der Waals surface area (Å²) in [6, 6.07) is 16.1. The Bertz CT molecular complexity index is 1150. The van der Waals surface area contributed by atoms with Gasteiger partial charge in [0.15, 0.2) is 5.78 Å². The van der Waals surface area contributed by atoms with E-state index < -0.39 is 11.3 Å². The molecule has 0 atom stereocenters. The van der Waals surface area contributed by atoms with Crippen molar-refractivity contribution in [2.45, 2.75) is 33.6 Å². The zero-order valence-corrected chi connectivity index (χ0v) is 19.4. The van der Waals surface area contributed by atoms with Crippen LogP contribution in [0.5, 0.6) is 0 Å². The van der Waals surface area contributed by atoms with Gasteiger partial charge in [-0.3, -0.25) is 19.5 Å². The number of hydrogen-bond acceptors (Lipinski definition) is 3. The van der Waals surface area contributed by atoms with E-state index in [-0.39, 0.29) is 23.9 Å². The van der Waals surface area contributed by atoms with Crippen molar-refractivity contribution in [3.63, 3.8) is 0 Å². The Kier molecular flexibility index (Phi) is 7.70. The van der Waals surface area contributed by atoms with Crippen molar-refractivity contribution in [2.24, 2.45) is 5.92 Å². The average Bonchev–Trinajstić information content (AvgIpc) is 3.13. The molecule has 0 aliphatic rings. The maximum absolute atomic E-state index is 13.4. The smallest absolute Gasteiger partial charge is 0.282 e. The Labute approximate surface area is 192 Å². The lowest BCUT2D eigenvalue weighted by atomic mass is 10.0. The molecule has 3 aromatic rings. The number of halogens is 1. The molecule has 1 heterocycles. The highest BCUT2D eigenvalue weighted by Crippen LogP contribution is 2.22. The molecule has 0 radical (unpaired) electrons. The first-order valence-corrected chi connectivity index (χ1v) is 11.2. The average molecular weight is 454 g/mol. The van der Waals surface area contributed by atoms with E-state index in [1.807, 2.05) is 51.1 Å². The second kappa shape index (κ2) is 10.5. The molecule has 0 fully saturated rings. The van der Waals surface area contributed by atoms with Crippen molar-refractivity contribution in [1.29, 1.82) is 0 Å². The van der Waals surface area contributed by atoms with Crippen LogP contribution >= 0.6 is 11.6 Å². The lowest BCUT2D eigenvalue weighted by Gasteiger charge is -2.23. The summed E-state index contributed by atoms with van der Waals surface area (Å²) in [5.74, 6) is -0.725. The molecule has 0 aliphatic heterocycles. The Morgan fingerprint density at radius 1 is 1.09 bits per heavy atom. The minimum atomic E-state index is -0.469. The van der Waals surface area contributed by atoms with Gasteiger partial charge in [0.25, 0.3) is 5.56 Å². The van der Waals surface area contributed by atoms with Gasteiger partial charge in [0.05, 0.1) is 17.9 Å². The van der Waals surface area contributed by atoms with Crippen molar-refractivity contribution in [1.82, 2.24) is 14.7 Å². The van der Waals surface area contributed by atoms with E-state index >= 15 is 0 Å². The largest absolute Gasteiger partial charge is 0.335 e. The van der Waals surface area contributed by atoms with Gasteiger partial charge < -0.3 is 4.90 Å². The van der Waals surface area contributed by atoms with Crippen molar-refractivity contribution in [2.75, 3.05) is 13.1 Å². The second-order valence-electron chi connectivity index (χ2n) is 8.04. The minimum Gasteiger partial charge on any atom is -0.335 e.